The van der Waals surface area contributed by atoms with Gasteiger partial charge in [-0.15, -0.1) is 0 Å². The summed E-state index contributed by atoms with van der Waals surface area (Å²) in [7, 11) is 1.75. The first-order valence-corrected chi connectivity index (χ1v) is 6.05. The van der Waals surface area contributed by atoms with Crippen molar-refractivity contribution >= 4 is 5.78 Å². The van der Waals surface area contributed by atoms with Crippen molar-refractivity contribution in [3.8, 4) is 0 Å². The second kappa shape index (κ2) is 6.81. The number of ketones is 1. The van der Waals surface area contributed by atoms with Gasteiger partial charge in [0.2, 0.25) is 0 Å². The highest BCUT2D eigenvalue weighted by atomic mass is 16.5. The second-order valence-corrected chi connectivity index (χ2v) is 4.83. The number of carbonyl (C=O) groups excluding carboxylic acids is 1. The molecule has 1 fully saturated rings. The molecule has 1 heterocycles. The van der Waals surface area contributed by atoms with E-state index in [9.17, 15) is 4.79 Å². The van der Waals surface area contributed by atoms with Gasteiger partial charge in [-0.1, -0.05) is 19.9 Å². The lowest BCUT2D eigenvalue weighted by atomic mass is 10.1. The summed E-state index contributed by atoms with van der Waals surface area (Å²) in [4.78, 5) is 13.7. The van der Waals surface area contributed by atoms with Crippen LogP contribution in [0.2, 0.25) is 0 Å². The molecule has 0 aromatic rings. The summed E-state index contributed by atoms with van der Waals surface area (Å²) in [6.07, 6.45) is 4.91. The molecule has 0 aromatic carbocycles. The molecular weight excluding hydrogens is 202 g/mol. The fourth-order valence-electron chi connectivity index (χ4n) is 1.96. The maximum Gasteiger partial charge on any atom is 0.157 e. The molecule has 1 rings (SSSR count). The minimum absolute atomic E-state index is 0.107. The van der Waals surface area contributed by atoms with Gasteiger partial charge in [-0.2, -0.15) is 0 Å². The summed E-state index contributed by atoms with van der Waals surface area (Å²) < 4.78 is 5.15. The van der Waals surface area contributed by atoms with E-state index in [1.54, 1.807) is 13.2 Å². The standard InChI is InChI=1S/C13H23NO2/c1-11(2)13(15)5-4-7-14-8-6-12(9-14)10-16-3/h4-5,11-12H,6-10H2,1-3H3/b5-4+. The molecule has 92 valence electrons. The number of nitrogens with zero attached hydrogens (tertiary/aromatic N) is 1. The van der Waals surface area contributed by atoms with Crippen molar-refractivity contribution in [1.82, 2.24) is 4.90 Å². The van der Waals surface area contributed by atoms with Crippen LogP contribution in [0.4, 0.5) is 0 Å². The summed E-state index contributed by atoms with van der Waals surface area (Å²) in [6, 6.07) is 0. The van der Waals surface area contributed by atoms with Gasteiger partial charge in [0, 0.05) is 26.1 Å². The van der Waals surface area contributed by atoms with E-state index in [-0.39, 0.29) is 11.7 Å². The Hall–Kier alpha value is -0.670. The van der Waals surface area contributed by atoms with Crippen molar-refractivity contribution in [1.29, 1.82) is 0 Å². The Bertz CT molecular complexity index is 248. The molecule has 3 nitrogen and oxygen atoms in total. The van der Waals surface area contributed by atoms with Crippen molar-refractivity contribution in [2.45, 2.75) is 20.3 Å². The molecule has 1 aliphatic rings. The zero-order chi connectivity index (χ0) is 12.0. The summed E-state index contributed by atoms with van der Waals surface area (Å²) in [6.45, 7) is 7.81. The number of ether oxygens (including phenoxy) is 1. The number of methoxy groups -OCH3 is 1. The molecule has 0 radical (unpaired) electrons. The van der Waals surface area contributed by atoms with Gasteiger partial charge in [0.1, 0.15) is 0 Å². The van der Waals surface area contributed by atoms with Crippen LogP contribution in [-0.4, -0.2) is 44.0 Å². The number of allylic oxidation sites excluding steroid dienone is 1. The van der Waals surface area contributed by atoms with Gasteiger partial charge in [-0.3, -0.25) is 9.69 Å². The molecule has 0 spiro atoms. The SMILES string of the molecule is COCC1CCN(C/C=C/C(=O)C(C)C)C1. The van der Waals surface area contributed by atoms with Crippen molar-refractivity contribution in [3.63, 3.8) is 0 Å². The number of rotatable bonds is 6. The van der Waals surface area contributed by atoms with Crippen molar-refractivity contribution in [2.24, 2.45) is 11.8 Å². The third-order valence-electron chi connectivity index (χ3n) is 2.99. The van der Waals surface area contributed by atoms with Crippen LogP contribution in [-0.2, 0) is 9.53 Å². The Balaban J connectivity index is 2.22. The minimum atomic E-state index is 0.107. The van der Waals surface area contributed by atoms with E-state index in [2.05, 4.69) is 4.90 Å². The average molecular weight is 225 g/mol. The molecule has 16 heavy (non-hydrogen) atoms. The highest BCUT2D eigenvalue weighted by Gasteiger charge is 2.20. The van der Waals surface area contributed by atoms with E-state index in [0.29, 0.717) is 5.92 Å². The van der Waals surface area contributed by atoms with Crippen LogP contribution in [0.1, 0.15) is 20.3 Å². The van der Waals surface area contributed by atoms with E-state index in [1.807, 2.05) is 19.9 Å². The van der Waals surface area contributed by atoms with Crippen LogP contribution in [0.3, 0.4) is 0 Å². The van der Waals surface area contributed by atoms with E-state index in [0.717, 1.165) is 26.2 Å². The highest BCUT2D eigenvalue weighted by Crippen LogP contribution is 2.15. The summed E-state index contributed by atoms with van der Waals surface area (Å²) >= 11 is 0. The van der Waals surface area contributed by atoms with E-state index < -0.39 is 0 Å². The smallest absolute Gasteiger partial charge is 0.157 e. The zero-order valence-corrected chi connectivity index (χ0v) is 10.6. The van der Waals surface area contributed by atoms with Gasteiger partial charge in [-0.25, -0.2) is 0 Å². The monoisotopic (exact) mass is 225 g/mol. The number of hydrogen-bond acceptors (Lipinski definition) is 3. The predicted octanol–water partition coefficient (Wildman–Crippen LogP) is 1.74. The molecule has 0 bridgehead atoms. The van der Waals surface area contributed by atoms with Gasteiger partial charge in [0.15, 0.2) is 5.78 Å². The number of carbonyl (C=O) groups is 1. The molecule has 0 aromatic heterocycles. The Morgan fingerprint density at radius 1 is 1.56 bits per heavy atom. The Labute approximate surface area is 98.5 Å². The highest BCUT2D eigenvalue weighted by molar-refractivity contribution is 5.91. The van der Waals surface area contributed by atoms with Crippen LogP contribution in [0.5, 0.6) is 0 Å². The first-order valence-electron chi connectivity index (χ1n) is 6.05. The Morgan fingerprint density at radius 3 is 2.94 bits per heavy atom. The average Bonchev–Trinajstić information content (AvgIpc) is 2.66. The van der Waals surface area contributed by atoms with Crippen LogP contribution in [0.15, 0.2) is 12.2 Å². The van der Waals surface area contributed by atoms with Gasteiger partial charge in [0.25, 0.3) is 0 Å². The van der Waals surface area contributed by atoms with Crippen molar-refractivity contribution < 1.29 is 9.53 Å². The first kappa shape index (κ1) is 13.4. The van der Waals surface area contributed by atoms with Crippen molar-refractivity contribution in [2.75, 3.05) is 33.4 Å². The molecular formula is C13H23NO2. The van der Waals surface area contributed by atoms with Gasteiger partial charge in [0.05, 0.1) is 6.61 Å². The normalized spacial score (nSPS) is 22.4. The molecule has 0 saturated carbocycles. The maximum absolute atomic E-state index is 11.4. The first-order chi connectivity index (χ1) is 7.63. The number of hydrogen-bond donors (Lipinski definition) is 0. The van der Waals surface area contributed by atoms with Crippen LogP contribution in [0.25, 0.3) is 0 Å². The third kappa shape index (κ3) is 4.45. The zero-order valence-electron chi connectivity index (χ0n) is 10.6. The molecule has 1 aliphatic heterocycles. The van der Waals surface area contributed by atoms with E-state index in [1.165, 1.54) is 6.42 Å². The lowest BCUT2D eigenvalue weighted by Crippen LogP contribution is -2.22. The van der Waals surface area contributed by atoms with Crippen LogP contribution >= 0.6 is 0 Å². The molecule has 0 aliphatic carbocycles. The Kier molecular flexibility index (Phi) is 5.71. The largest absolute Gasteiger partial charge is 0.384 e. The molecule has 0 amide bonds. The quantitative estimate of drug-likeness (QED) is 0.645. The lowest BCUT2D eigenvalue weighted by Gasteiger charge is -2.13. The fourth-order valence-corrected chi connectivity index (χ4v) is 1.96. The van der Waals surface area contributed by atoms with Crippen LogP contribution < -0.4 is 0 Å². The maximum atomic E-state index is 11.4. The predicted molar refractivity (Wildman–Crippen MR) is 65.4 cm³/mol. The summed E-state index contributed by atoms with van der Waals surface area (Å²) in [5.74, 6) is 0.989. The second-order valence-electron chi connectivity index (χ2n) is 4.83. The summed E-state index contributed by atoms with van der Waals surface area (Å²) in [5.41, 5.74) is 0. The molecule has 3 heteroatoms. The lowest BCUT2D eigenvalue weighted by molar-refractivity contribution is -0.117. The van der Waals surface area contributed by atoms with Gasteiger partial charge < -0.3 is 4.74 Å². The minimum Gasteiger partial charge on any atom is -0.384 e. The molecule has 1 saturated heterocycles. The fraction of sp³-hybridized carbons (Fsp3) is 0.769. The number of likely N-dealkylation sites (tertiary alicyclic amines) is 1. The Morgan fingerprint density at radius 2 is 2.31 bits per heavy atom. The van der Waals surface area contributed by atoms with E-state index in [4.69, 9.17) is 4.74 Å². The topological polar surface area (TPSA) is 29.5 Å². The third-order valence-corrected chi connectivity index (χ3v) is 2.99. The van der Waals surface area contributed by atoms with Gasteiger partial charge in [-0.05, 0) is 25.0 Å². The molecule has 0 N–H and O–H groups in total. The summed E-state index contributed by atoms with van der Waals surface area (Å²) in [5, 5.41) is 0. The van der Waals surface area contributed by atoms with Crippen LogP contribution in [0, 0.1) is 11.8 Å². The van der Waals surface area contributed by atoms with Crippen molar-refractivity contribution in [3.05, 3.63) is 12.2 Å². The molecule has 1 unspecified atom stereocenters. The van der Waals surface area contributed by atoms with Gasteiger partial charge >= 0.3 is 0 Å². The molecule has 1 atom stereocenters. The van der Waals surface area contributed by atoms with E-state index >= 15 is 0 Å².